The number of nitrogens with zero attached hydrogens (tertiary/aromatic N) is 5. The normalized spacial score (nSPS) is 12.4. The molecule has 3 heterocycles. The van der Waals surface area contributed by atoms with E-state index < -0.39 is 0 Å². The highest BCUT2D eigenvalue weighted by Gasteiger charge is 2.16. The first-order valence-electron chi connectivity index (χ1n) is 11.1. The van der Waals surface area contributed by atoms with Gasteiger partial charge in [0.2, 0.25) is 11.9 Å². The Hall–Kier alpha value is -3.66. The molecule has 0 aliphatic carbocycles. The molecule has 4 rings (SSSR count). The van der Waals surface area contributed by atoms with E-state index in [1.165, 1.54) is 0 Å². The van der Waals surface area contributed by atoms with Crippen LogP contribution >= 0.6 is 0 Å². The Morgan fingerprint density at radius 2 is 2.06 bits per heavy atom. The molecule has 2 aromatic heterocycles. The van der Waals surface area contributed by atoms with Gasteiger partial charge in [-0.15, -0.1) is 0 Å². The summed E-state index contributed by atoms with van der Waals surface area (Å²) in [7, 11) is 0. The number of aromatic nitrogens is 4. The fourth-order valence-electron chi connectivity index (χ4n) is 3.57. The lowest BCUT2D eigenvalue weighted by Crippen LogP contribution is -2.39. The number of amides is 1. The third-order valence-corrected chi connectivity index (χ3v) is 5.20. The Labute approximate surface area is 192 Å². The number of carbonyl (C=O) groups is 1. The van der Waals surface area contributed by atoms with Gasteiger partial charge in [0.1, 0.15) is 25.4 Å². The van der Waals surface area contributed by atoms with Crippen molar-refractivity contribution < 1.29 is 14.3 Å². The molecule has 0 fully saturated rings. The van der Waals surface area contributed by atoms with Gasteiger partial charge >= 0.3 is 0 Å². The molecule has 0 bridgehead atoms. The number of hydrogen-bond acceptors (Lipinski definition) is 8. The van der Waals surface area contributed by atoms with E-state index in [0.29, 0.717) is 51.0 Å². The number of benzene rings is 1. The fraction of sp³-hybridized carbons (Fsp3) is 0.391. The number of aryl methyl sites for hydroxylation is 1. The number of rotatable bonds is 10. The Bertz CT molecular complexity index is 1070. The number of imidazole rings is 1. The van der Waals surface area contributed by atoms with Crippen molar-refractivity contribution in [2.24, 2.45) is 5.73 Å². The van der Waals surface area contributed by atoms with Crippen molar-refractivity contribution in [3.05, 3.63) is 54.2 Å². The Morgan fingerprint density at radius 3 is 2.85 bits per heavy atom. The molecule has 10 nitrogen and oxygen atoms in total. The van der Waals surface area contributed by atoms with E-state index in [1.807, 2.05) is 36.1 Å². The summed E-state index contributed by atoms with van der Waals surface area (Å²) in [6, 6.07) is 7.75. The fourth-order valence-corrected chi connectivity index (χ4v) is 3.57. The van der Waals surface area contributed by atoms with Gasteiger partial charge in [-0.2, -0.15) is 4.98 Å². The van der Waals surface area contributed by atoms with Crippen LogP contribution in [0, 0.1) is 6.92 Å². The number of carbonyl (C=O) groups excluding carboxylic acids is 1. The summed E-state index contributed by atoms with van der Waals surface area (Å²) in [5.41, 5.74) is 7.61. The molecule has 1 amide bonds. The molecular weight excluding hydrogens is 422 g/mol. The molecule has 0 unspecified atom stereocenters. The number of hydrogen-bond donors (Lipinski definition) is 2. The molecule has 10 heteroatoms. The first-order valence-corrected chi connectivity index (χ1v) is 11.1. The van der Waals surface area contributed by atoms with Crippen LogP contribution in [0.25, 0.3) is 5.95 Å². The average Bonchev–Trinajstić information content (AvgIpc) is 3.36. The third kappa shape index (κ3) is 5.98. The summed E-state index contributed by atoms with van der Waals surface area (Å²) in [5, 5.41) is 3.00. The zero-order chi connectivity index (χ0) is 23.0. The lowest BCUT2D eigenvalue weighted by Gasteiger charge is -2.24. The van der Waals surface area contributed by atoms with Crippen LogP contribution in [0.5, 0.6) is 11.5 Å². The first kappa shape index (κ1) is 22.5. The molecule has 1 aliphatic rings. The Balaban J connectivity index is 1.38. The van der Waals surface area contributed by atoms with Crippen LogP contribution in [0.1, 0.15) is 17.7 Å². The predicted octanol–water partition coefficient (Wildman–Crippen LogP) is 1.26. The standard InChI is InChI=1S/C23H29N7O3/c1-17-13-21(28-23(27-17)30-10-8-25-16-30)29(9-2-6-24)15-22(31)26-7-5-18-3-4-19-20(14-18)33-12-11-32-19/h3-4,8,10,13-14,16H,2,5-7,9,11-12,15,24H2,1H3,(H,26,31). The maximum Gasteiger partial charge on any atom is 0.239 e. The highest BCUT2D eigenvalue weighted by atomic mass is 16.6. The monoisotopic (exact) mass is 451 g/mol. The van der Waals surface area contributed by atoms with Crippen LogP contribution in [-0.4, -0.2) is 64.8 Å². The molecule has 0 saturated carbocycles. The van der Waals surface area contributed by atoms with Gasteiger partial charge < -0.3 is 25.4 Å². The number of nitrogens with one attached hydrogen (secondary N) is 1. The van der Waals surface area contributed by atoms with Gasteiger partial charge in [0.05, 0.1) is 6.54 Å². The lowest BCUT2D eigenvalue weighted by molar-refractivity contribution is -0.119. The quantitative estimate of drug-likeness (QED) is 0.473. The zero-order valence-corrected chi connectivity index (χ0v) is 18.7. The summed E-state index contributed by atoms with van der Waals surface area (Å²) < 4.78 is 12.9. The van der Waals surface area contributed by atoms with Crippen LogP contribution in [-0.2, 0) is 11.2 Å². The molecule has 1 aromatic carbocycles. The van der Waals surface area contributed by atoms with Crippen LogP contribution < -0.4 is 25.4 Å². The maximum absolute atomic E-state index is 12.7. The summed E-state index contributed by atoms with van der Waals surface area (Å²) >= 11 is 0. The van der Waals surface area contributed by atoms with E-state index in [-0.39, 0.29) is 12.5 Å². The second-order valence-corrected chi connectivity index (χ2v) is 7.78. The largest absolute Gasteiger partial charge is 0.486 e. The minimum Gasteiger partial charge on any atom is -0.486 e. The molecule has 3 N–H and O–H groups in total. The smallest absolute Gasteiger partial charge is 0.239 e. The van der Waals surface area contributed by atoms with Gasteiger partial charge in [0.25, 0.3) is 0 Å². The van der Waals surface area contributed by atoms with Crippen molar-refractivity contribution in [1.29, 1.82) is 0 Å². The van der Waals surface area contributed by atoms with Gasteiger partial charge in [-0.25, -0.2) is 9.97 Å². The highest BCUT2D eigenvalue weighted by Crippen LogP contribution is 2.30. The second-order valence-electron chi connectivity index (χ2n) is 7.78. The van der Waals surface area contributed by atoms with E-state index in [1.54, 1.807) is 23.3 Å². The number of nitrogens with two attached hydrogens (primary N) is 1. The molecule has 3 aromatic rings. The van der Waals surface area contributed by atoms with Crippen LogP contribution in [0.15, 0.2) is 43.0 Å². The summed E-state index contributed by atoms with van der Waals surface area (Å²) in [5.74, 6) is 2.64. The van der Waals surface area contributed by atoms with Crippen molar-refractivity contribution in [1.82, 2.24) is 24.8 Å². The first-order chi connectivity index (χ1) is 16.1. The maximum atomic E-state index is 12.7. The lowest BCUT2D eigenvalue weighted by atomic mass is 10.1. The summed E-state index contributed by atoms with van der Waals surface area (Å²) in [6.07, 6.45) is 6.55. The molecule has 1 aliphatic heterocycles. The highest BCUT2D eigenvalue weighted by molar-refractivity contribution is 5.81. The zero-order valence-electron chi connectivity index (χ0n) is 18.7. The number of fused-ring (bicyclic) bond motifs is 1. The van der Waals surface area contributed by atoms with Crippen molar-refractivity contribution >= 4 is 11.7 Å². The Morgan fingerprint density at radius 1 is 1.21 bits per heavy atom. The average molecular weight is 452 g/mol. The molecule has 174 valence electrons. The van der Waals surface area contributed by atoms with Crippen LogP contribution in [0.4, 0.5) is 5.82 Å². The van der Waals surface area contributed by atoms with Gasteiger partial charge in [-0.1, -0.05) is 6.07 Å². The van der Waals surface area contributed by atoms with Crippen LogP contribution in [0.3, 0.4) is 0 Å². The van der Waals surface area contributed by atoms with Crippen molar-refractivity contribution in [2.75, 3.05) is 44.3 Å². The summed E-state index contributed by atoms with van der Waals surface area (Å²) in [4.78, 5) is 27.8. The number of anilines is 1. The minimum absolute atomic E-state index is 0.0787. The van der Waals surface area contributed by atoms with Crippen LogP contribution in [0.2, 0.25) is 0 Å². The van der Waals surface area contributed by atoms with E-state index in [0.717, 1.165) is 29.2 Å². The SMILES string of the molecule is Cc1cc(N(CCCN)CC(=O)NCCc2ccc3c(c2)OCCO3)nc(-n2ccnc2)n1. The molecule has 33 heavy (non-hydrogen) atoms. The van der Waals surface area contributed by atoms with Crippen molar-refractivity contribution in [3.8, 4) is 17.4 Å². The van der Waals surface area contributed by atoms with E-state index in [4.69, 9.17) is 15.2 Å². The molecule has 0 spiro atoms. The summed E-state index contributed by atoms with van der Waals surface area (Å²) in [6.45, 7) is 4.87. The van der Waals surface area contributed by atoms with E-state index in [9.17, 15) is 4.79 Å². The van der Waals surface area contributed by atoms with Gasteiger partial charge in [-0.3, -0.25) is 9.36 Å². The van der Waals surface area contributed by atoms with E-state index >= 15 is 0 Å². The third-order valence-electron chi connectivity index (χ3n) is 5.20. The number of ether oxygens (including phenoxy) is 2. The molecular formula is C23H29N7O3. The van der Waals surface area contributed by atoms with Crippen molar-refractivity contribution in [2.45, 2.75) is 19.8 Å². The minimum atomic E-state index is -0.0787. The molecule has 0 saturated heterocycles. The van der Waals surface area contributed by atoms with Gasteiger partial charge in [0, 0.05) is 37.2 Å². The second kappa shape index (κ2) is 10.8. The predicted molar refractivity (Wildman–Crippen MR) is 124 cm³/mol. The Kier molecular flexibility index (Phi) is 7.36. The van der Waals surface area contributed by atoms with Crippen molar-refractivity contribution in [3.63, 3.8) is 0 Å². The molecule has 0 radical (unpaired) electrons. The van der Waals surface area contributed by atoms with Gasteiger partial charge in [-0.05, 0) is 44.0 Å². The molecule has 0 atom stereocenters. The van der Waals surface area contributed by atoms with E-state index in [2.05, 4.69) is 20.3 Å². The van der Waals surface area contributed by atoms with Gasteiger partial charge in [0.15, 0.2) is 11.5 Å². The topological polar surface area (TPSA) is 120 Å².